The van der Waals surface area contributed by atoms with E-state index in [0.29, 0.717) is 33.3 Å². The van der Waals surface area contributed by atoms with Gasteiger partial charge >= 0.3 is 0 Å². The van der Waals surface area contributed by atoms with E-state index in [4.69, 9.17) is 11.6 Å². The molecule has 10 nitrogen and oxygen atoms in total. The largest absolute Gasteiger partial charge is 0.320 e. The Hall–Kier alpha value is -4.57. The summed E-state index contributed by atoms with van der Waals surface area (Å²) in [6, 6.07) is 19.0. The maximum absolute atomic E-state index is 12.9. The third kappa shape index (κ3) is 4.76. The van der Waals surface area contributed by atoms with E-state index in [1.54, 1.807) is 61.5 Å². The molecule has 0 fully saturated rings. The van der Waals surface area contributed by atoms with Crippen molar-refractivity contribution in [3.8, 4) is 5.69 Å². The molecule has 0 saturated carbocycles. The van der Waals surface area contributed by atoms with Crippen LogP contribution >= 0.6 is 11.6 Å². The number of carbonyl (C=O) groups is 2. The summed E-state index contributed by atoms with van der Waals surface area (Å²) in [4.78, 5) is 36.1. The summed E-state index contributed by atoms with van der Waals surface area (Å²) < 4.78 is 1.34. The minimum atomic E-state index is -0.553. The second-order valence-electron chi connectivity index (χ2n) is 7.17. The van der Waals surface area contributed by atoms with Gasteiger partial charge < -0.3 is 10.6 Å². The number of hydrogen-bond donors (Lipinski definition) is 2. The first-order valence-corrected chi connectivity index (χ1v) is 10.4. The van der Waals surface area contributed by atoms with Crippen LogP contribution in [0, 0.1) is 17.0 Å². The third-order valence-corrected chi connectivity index (χ3v) is 5.18. The van der Waals surface area contributed by atoms with Crippen LogP contribution in [-0.4, -0.2) is 31.7 Å². The fourth-order valence-corrected chi connectivity index (χ4v) is 3.33. The molecular formula is C23H17ClN6O4. The zero-order valence-corrected chi connectivity index (χ0v) is 18.5. The van der Waals surface area contributed by atoms with Crippen LogP contribution in [0.25, 0.3) is 5.69 Å². The normalized spacial score (nSPS) is 10.5. The number of non-ortho nitro benzene ring substituents is 1. The Balaban J connectivity index is 1.55. The molecule has 170 valence electrons. The van der Waals surface area contributed by atoms with E-state index >= 15 is 0 Å². The van der Waals surface area contributed by atoms with Gasteiger partial charge in [-0.3, -0.25) is 19.7 Å². The van der Waals surface area contributed by atoms with Crippen molar-refractivity contribution >= 4 is 40.5 Å². The van der Waals surface area contributed by atoms with Crippen LogP contribution in [0.2, 0.25) is 5.02 Å². The Bertz CT molecular complexity index is 1400. The highest BCUT2D eigenvalue weighted by Crippen LogP contribution is 2.24. The van der Waals surface area contributed by atoms with Crippen molar-refractivity contribution in [3.63, 3.8) is 0 Å². The number of halogens is 1. The fraction of sp³-hybridized carbons (Fsp3) is 0.0435. The van der Waals surface area contributed by atoms with Crippen molar-refractivity contribution in [2.24, 2.45) is 0 Å². The molecule has 0 radical (unpaired) electrons. The van der Waals surface area contributed by atoms with Crippen LogP contribution in [0.5, 0.6) is 0 Å². The number of nitro benzene ring substituents is 1. The SMILES string of the molecule is Cc1c(C(=O)Nc2ccccc2NC(=O)c2ccc(Cl)cc2)nnn1-c1cccc([N+](=O)[O-])c1. The number of anilines is 2. The molecule has 0 saturated heterocycles. The predicted molar refractivity (Wildman–Crippen MR) is 127 cm³/mol. The lowest BCUT2D eigenvalue weighted by molar-refractivity contribution is -0.384. The average molecular weight is 477 g/mol. The van der Waals surface area contributed by atoms with E-state index in [0.717, 1.165) is 0 Å². The molecule has 4 rings (SSSR count). The lowest BCUT2D eigenvalue weighted by Crippen LogP contribution is -2.17. The highest BCUT2D eigenvalue weighted by molar-refractivity contribution is 6.30. The Morgan fingerprint density at radius 1 is 0.941 bits per heavy atom. The Labute approximate surface area is 198 Å². The standard InChI is InChI=1S/C23H17ClN6O4/c1-14-21(27-28-29(14)17-5-4-6-18(13-17)30(33)34)23(32)26-20-8-3-2-7-19(20)25-22(31)15-9-11-16(24)12-10-15/h2-13H,1H3,(H,25,31)(H,26,32). The minimum Gasteiger partial charge on any atom is -0.320 e. The van der Waals surface area contributed by atoms with Gasteiger partial charge in [-0.2, -0.15) is 0 Å². The van der Waals surface area contributed by atoms with E-state index in [1.807, 2.05) is 0 Å². The summed E-state index contributed by atoms with van der Waals surface area (Å²) in [6.07, 6.45) is 0. The third-order valence-electron chi connectivity index (χ3n) is 4.92. The van der Waals surface area contributed by atoms with E-state index in [9.17, 15) is 19.7 Å². The van der Waals surface area contributed by atoms with E-state index in [2.05, 4.69) is 20.9 Å². The summed E-state index contributed by atoms with van der Waals surface area (Å²) in [5.41, 5.74) is 1.86. The molecule has 11 heteroatoms. The van der Waals surface area contributed by atoms with Crippen molar-refractivity contribution in [2.45, 2.75) is 6.92 Å². The topological polar surface area (TPSA) is 132 Å². The molecule has 0 aliphatic carbocycles. The number of hydrogen-bond acceptors (Lipinski definition) is 6. The predicted octanol–water partition coefficient (Wildman–Crippen LogP) is 4.64. The number of benzene rings is 3. The molecule has 34 heavy (non-hydrogen) atoms. The van der Waals surface area contributed by atoms with Gasteiger partial charge in [0.25, 0.3) is 17.5 Å². The summed E-state index contributed by atoms with van der Waals surface area (Å²) in [5.74, 6) is -0.923. The molecule has 0 bridgehead atoms. The van der Waals surface area contributed by atoms with Crippen molar-refractivity contribution < 1.29 is 14.5 Å². The van der Waals surface area contributed by atoms with Crippen molar-refractivity contribution in [2.75, 3.05) is 10.6 Å². The van der Waals surface area contributed by atoms with Crippen LogP contribution in [0.1, 0.15) is 26.5 Å². The van der Waals surface area contributed by atoms with Crippen LogP contribution < -0.4 is 10.6 Å². The summed E-state index contributed by atoms with van der Waals surface area (Å²) in [5, 5.41) is 25.0. The van der Waals surface area contributed by atoms with Crippen molar-refractivity contribution in [1.29, 1.82) is 0 Å². The summed E-state index contributed by atoms with van der Waals surface area (Å²) >= 11 is 5.87. The first-order chi connectivity index (χ1) is 16.3. The lowest BCUT2D eigenvalue weighted by Gasteiger charge is -2.12. The molecule has 3 aromatic carbocycles. The molecule has 0 unspecified atom stereocenters. The number of nitrogens with one attached hydrogen (secondary N) is 2. The molecule has 0 spiro atoms. The van der Waals surface area contributed by atoms with Gasteiger partial charge in [-0.05, 0) is 49.4 Å². The monoisotopic (exact) mass is 476 g/mol. The van der Waals surface area contributed by atoms with Crippen LogP contribution in [0.4, 0.5) is 17.1 Å². The quantitative estimate of drug-likeness (QED) is 0.307. The molecule has 0 aliphatic heterocycles. The van der Waals surface area contributed by atoms with E-state index < -0.39 is 10.8 Å². The van der Waals surface area contributed by atoms with Gasteiger partial charge in [0, 0.05) is 22.7 Å². The van der Waals surface area contributed by atoms with Crippen molar-refractivity contribution in [3.05, 3.63) is 105 Å². The first kappa shape index (κ1) is 22.6. The molecule has 0 atom stereocenters. The molecule has 0 aliphatic rings. The maximum Gasteiger partial charge on any atom is 0.278 e. The highest BCUT2D eigenvalue weighted by atomic mass is 35.5. The Kier molecular flexibility index (Phi) is 6.33. The molecule has 1 heterocycles. The highest BCUT2D eigenvalue weighted by Gasteiger charge is 2.20. The Morgan fingerprint density at radius 3 is 2.24 bits per heavy atom. The molecule has 2 amide bonds. The fourth-order valence-electron chi connectivity index (χ4n) is 3.20. The van der Waals surface area contributed by atoms with Gasteiger partial charge in [0.05, 0.1) is 27.7 Å². The van der Waals surface area contributed by atoms with Crippen LogP contribution in [0.3, 0.4) is 0 Å². The van der Waals surface area contributed by atoms with Gasteiger partial charge in [-0.15, -0.1) is 5.10 Å². The molecule has 4 aromatic rings. The van der Waals surface area contributed by atoms with Crippen molar-refractivity contribution in [1.82, 2.24) is 15.0 Å². The zero-order chi connectivity index (χ0) is 24.2. The zero-order valence-electron chi connectivity index (χ0n) is 17.7. The van der Waals surface area contributed by atoms with Gasteiger partial charge in [0.15, 0.2) is 5.69 Å². The number of para-hydroxylation sites is 2. The second kappa shape index (κ2) is 9.51. The molecular weight excluding hydrogens is 460 g/mol. The summed E-state index contributed by atoms with van der Waals surface area (Å²) in [7, 11) is 0. The second-order valence-corrected chi connectivity index (χ2v) is 7.61. The smallest absolute Gasteiger partial charge is 0.278 e. The Morgan fingerprint density at radius 2 is 1.59 bits per heavy atom. The number of aromatic nitrogens is 3. The number of amides is 2. The number of nitrogens with zero attached hydrogens (tertiary/aromatic N) is 4. The van der Waals surface area contributed by atoms with E-state index in [1.165, 1.54) is 22.9 Å². The maximum atomic E-state index is 12.9. The van der Waals surface area contributed by atoms with Crippen LogP contribution in [0.15, 0.2) is 72.8 Å². The number of carbonyl (C=O) groups excluding carboxylic acids is 2. The lowest BCUT2D eigenvalue weighted by atomic mass is 10.2. The molecule has 2 N–H and O–H groups in total. The minimum absolute atomic E-state index is 0.0327. The van der Waals surface area contributed by atoms with Gasteiger partial charge in [-0.1, -0.05) is 35.0 Å². The van der Waals surface area contributed by atoms with E-state index in [-0.39, 0.29) is 17.3 Å². The summed E-state index contributed by atoms with van der Waals surface area (Å²) in [6.45, 7) is 1.63. The van der Waals surface area contributed by atoms with Gasteiger partial charge in [0.1, 0.15) is 0 Å². The van der Waals surface area contributed by atoms with Crippen LogP contribution in [-0.2, 0) is 0 Å². The number of rotatable bonds is 6. The average Bonchev–Trinajstić information content (AvgIpc) is 3.22. The van der Waals surface area contributed by atoms with Gasteiger partial charge in [0.2, 0.25) is 0 Å². The molecule has 1 aromatic heterocycles. The first-order valence-electron chi connectivity index (χ1n) is 9.98. The van der Waals surface area contributed by atoms with Gasteiger partial charge in [-0.25, -0.2) is 4.68 Å². The number of nitro groups is 1.